The van der Waals surface area contributed by atoms with Gasteiger partial charge in [-0.3, -0.25) is 9.78 Å². The molecule has 0 N–H and O–H groups in total. The van der Waals surface area contributed by atoms with Gasteiger partial charge in [0.05, 0.1) is 11.1 Å². The first kappa shape index (κ1) is 17.9. The summed E-state index contributed by atoms with van der Waals surface area (Å²) in [5, 5.41) is 0.765. The first-order chi connectivity index (χ1) is 14.2. The third kappa shape index (κ3) is 3.60. The van der Waals surface area contributed by atoms with Gasteiger partial charge in [0.1, 0.15) is 0 Å². The van der Waals surface area contributed by atoms with Crippen LogP contribution in [0.5, 0.6) is 0 Å². The van der Waals surface area contributed by atoms with Gasteiger partial charge in [0, 0.05) is 30.1 Å². The van der Waals surface area contributed by atoms with E-state index in [1.165, 1.54) is 5.56 Å². The molecule has 0 atom stereocenters. The first-order valence-electron chi connectivity index (χ1n) is 10.1. The molecular formula is C24H22N2O3. The molecule has 146 valence electrons. The molecule has 5 nitrogen and oxygen atoms in total. The number of para-hydroxylation sites is 1. The molecule has 0 saturated heterocycles. The highest BCUT2D eigenvalue weighted by molar-refractivity contribution is 6.04. The minimum atomic E-state index is -0.462. The van der Waals surface area contributed by atoms with Gasteiger partial charge in [0.25, 0.3) is 5.91 Å². The van der Waals surface area contributed by atoms with Gasteiger partial charge in [0.2, 0.25) is 0 Å². The van der Waals surface area contributed by atoms with E-state index in [0.717, 1.165) is 41.4 Å². The summed E-state index contributed by atoms with van der Waals surface area (Å²) >= 11 is 0. The number of hydrogen-bond acceptors (Lipinski definition) is 4. The number of ether oxygens (including phenoxy) is 1. The standard InChI is InChI=1S/C24H22N2O3/c27-23(26-12-11-16-5-1-2-6-18(16)14-26)15-29-24(28)20-13-22(17-9-10-17)25-21-8-4-3-7-19(20)21/h1-8,13,17H,9-12,14-15H2. The van der Waals surface area contributed by atoms with E-state index in [0.29, 0.717) is 24.6 Å². The molecule has 0 unspecified atom stereocenters. The molecule has 5 rings (SSSR count). The predicted molar refractivity (Wildman–Crippen MR) is 110 cm³/mol. The molecule has 0 bridgehead atoms. The number of benzene rings is 2. The minimum Gasteiger partial charge on any atom is -0.452 e. The van der Waals surface area contributed by atoms with Crippen molar-refractivity contribution < 1.29 is 14.3 Å². The molecule has 1 aliphatic carbocycles. The van der Waals surface area contributed by atoms with Crippen LogP contribution >= 0.6 is 0 Å². The average molecular weight is 386 g/mol. The molecule has 3 aromatic rings. The molecule has 0 spiro atoms. The fourth-order valence-electron chi connectivity index (χ4n) is 3.96. The largest absolute Gasteiger partial charge is 0.452 e. The first-order valence-corrected chi connectivity index (χ1v) is 10.1. The number of rotatable bonds is 4. The molecule has 1 aromatic heterocycles. The second-order valence-corrected chi connectivity index (χ2v) is 7.80. The quantitative estimate of drug-likeness (QED) is 0.639. The summed E-state index contributed by atoms with van der Waals surface area (Å²) in [6.45, 7) is 0.977. The third-order valence-electron chi connectivity index (χ3n) is 5.76. The number of hydrogen-bond donors (Lipinski definition) is 0. The second kappa shape index (κ2) is 7.32. The van der Waals surface area contributed by atoms with Crippen LogP contribution in [0.15, 0.2) is 54.6 Å². The van der Waals surface area contributed by atoms with Crippen molar-refractivity contribution in [3.63, 3.8) is 0 Å². The molecule has 1 fully saturated rings. The Morgan fingerprint density at radius 3 is 2.62 bits per heavy atom. The van der Waals surface area contributed by atoms with Gasteiger partial charge in [-0.1, -0.05) is 42.5 Å². The topological polar surface area (TPSA) is 59.5 Å². The molecule has 29 heavy (non-hydrogen) atoms. The molecule has 0 radical (unpaired) electrons. The van der Waals surface area contributed by atoms with Crippen molar-refractivity contribution in [2.24, 2.45) is 0 Å². The Bertz CT molecular complexity index is 1100. The SMILES string of the molecule is O=C(OCC(=O)N1CCc2ccccc2C1)c1cc(C2CC2)nc2ccccc12. The molecular weight excluding hydrogens is 364 g/mol. The lowest BCUT2D eigenvalue weighted by Gasteiger charge is -2.28. The van der Waals surface area contributed by atoms with E-state index in [9.17, 15) is 9.59 Å². The van der Waals surface area contributed by atoms with Gasteiger partial charge in [-0.2, -0.15) is 0 Å². The van der Waals surface area contributed by atoms with E-state index in [-0.39, 0.29) is 12.5 Å². The van der Waals surface area contributed by atoms with Crippen LogP contribution in [-0.2, 0) is 22.5 Å². The Labute approximate surface area is 169 Å². The zero-order valence-electron chi connectivity index (χ0n) is 16.1. The van der Waals surface area contributed by atoms with E-state index in [1.54, 1.807) is 4.90 Å². The van der Waals surface area contributed by atoms with Crippen LogP contribution in [0.4, 0.5) is 0 Å². The Morgan fingerprint density at radius 2 is 1.79 bits per heavy atom. The van der Waals surface area contributed by atoms with Crippen molar-refractivity contribution in [1.29, 1.82) is 0 Å². The van der Waals surface area contributed by atoms with Crippen LogP contribution in [0.3, 0.4) is 0 Å². The maximum Gasteiger partial charge on any atom is 0.339 e. The highest BCUT2D eigenvalue weighted by Gasteiger charge is 2.28. The Kier molecular flexibility index (Phi) is 4.51. The van der Waals surface area contributed by atoms with E-state index < -0.39 is 5.97 Å². The highest BCUT2D eigenvalue weighted by atomic mass is 16.5. The van der Waals surface area contributed by atoms with Gasteiger partial charge in [-0.15, -0.1) is 0 Å². The van der Waals surface area contributed by atoms with Gasteiger partial charge in [0.15, 0.2) is 6.61 Å². The van der Waals surface area contributed by atoms with E-state index >= 15 is 0 Å². The molecule has 2 aliphatic rings. The molecule has 1 aliphatic heterocycles. The normalized spacial score (nSPS) is 15.8. The van der Waals surface area contributed by atoms with Crippen molar-refractivity contribution in [3.05, 3.63) is 77.0 Å². The number of aromatic nitrogens is 1. The van der Waals surface area contributed by atoms with Crippen LogP contribution in [0.1, 0.15) is 45.9 Å². The Hall–Kier alpha value is -3.21. The lowest BCUT2D eigenvalue weighted by atomic mass is 10.00. The number of amides is 1. The molecule has 2 aromatic carbocycles. The maximum absolute atomic E-state index is 12.8. The Morgan fingerprint density at radius 1 is 1.03 bits per heavy atom. The maximum atomic E-state index is 12.8. The van der Waals surface area contributed by atoms with Crippen LogP contribution in [-0.4, -0.2) is 34.9 Å². The number of carbonyl (C=O) groups excluding carboxylic acids is 2. The van der Waals surface area contributed by atoms with Gasteiger partial charge in [-0.05, 0) is 42.5 Å². The summed E-state index contributed by atoms with van der Waals surface area (Å²) in [4.78, 5) is 31.9. The summed E-state index contributed by atoms with van der Waals surface area (Å²) in [6, 6.07) is 17.6. The Balaban J connectivity index is 1.30. The minimum absolute atomic E-state index is 0.159. The average Bonchev–Trinajstić information content (AvgIpc) is 3.61. The molecule has 2 heterocycles. The smallest absolute Gasteiger partial charge is 0.339 e. The zero-order valence-corrected chi connectivity index (χ0v) is 16.1. The lowest BCUT2D eigenvalue weighted by Crippen LogP contribution is -2.38. The van der Waals surface area contributed by atoms with Crippen LogP contribution in [0, 0.1) is 0 Å². The molecule has 1 saturated carbocycles. The third-order valence-corrected chi connectivity index (χ3v) is 5.76. The summed E-state index contributed by atoms with van der Waals surface area (Å²) < 4.78 is 5.44. The monoisotopic (exact) mass is 386 g/mol. The number of fused-ring (bicyclic) bond motifs is 2. The fraction of sp³-hybridized carbons (Fsp3) is 0.292. The summed E-state index contributed by atoms with van der Waals surface area (Å²) in [6.07, 6.45) is 3.04. The van der Waals surface area contributed by atoms with Crippen molar-refractivity contribution in [2.45, 2.75) is 31.7 Å². The van der Waals surface area contributed by atoms with E-state index in [4.69, 9.17) is 4.74 Å². The number of nitrogens with zero attached hydrogens (tertiary/aromatic N) is 2. The van der Waals surface area contributed by atoms with Crippen molar-refractivity contribution >= 4 is 22.8 Å². The van der Waals surface area contributed by atoms with Crippen molar-refractivity contribution in [2.75, 3.05) is 13.2 Å². The van der Waals surface area contributed by atoms with E-state index in [2.05, 4.69) is 11.1 Å². The summed E-state index contributed by atoms with van der Waals surface area (Å²) in [5.74, 6) is -0.189. The fourth-order valence-corrected chi connectivity index (χ4v) is 3.96. The predicted octanol–water partition coefficient (Wildman–Crippen LogP) is 3.85. The summed E-state index contributed by atoms with van der Waals surface area (Å²) in [5.41, 5.74) is 4.67. The van der Waals surface area contributed by atoms with Crippen molar-refractivity contribution in [3.8, 4) is 0 Å². The molecule has 5 heteroatoms. The van der Waals surface area contributed by atoms with Gasteiger partial charge < -0.3 is 9.64 Å². The van der Waals surface area contributed by atoms with Crippen LogP contribution < -0.4 is 0 Å². The van der Waals surface area contributed by atoms with Gasteiger partial charge >= 0.3 is 5.97 Å². The number of pyridine rings is 1. The zero-order chi connectivity index (χ0) is 19.8. The van der Waals surface area contributed by atoms with Gasteiger partial charge in [-0.25, -0.2) is 4.79 Å². The molecule has 1 amide bonds. The highest BCUT2D eigenvalue weighted by Crippen LogP contribution is 2.40. The van der Waals surface area contributed by atoms with E-state index in [1.807, 2.05) is 48.5 Å². The van der Waals surface area contributed by atoms with Crippen LogP contribution in [0.25, 0.3) is 10.9 Å². The number of carbonyl (C=O) groups is 2. The summed E-state index contributed by atoms with van der Waals surface area (Å²) in [7, 11) is 0. The lowest BCUT2D eigenvalue weighted by molar-refractivity contribution is -0.135. The number of esters is 1. The van der Waals surface area contributed by atoms with Crippen molar-refractivity contribution in [1.82, 2.24) is 9.88 Å². The van der Waals surface area contributed by atoms with Crippen LogP contribution in [0.2, 0.25) is 0 Å². The second-order valence-electron chi connectivity index (χ2n) is 7.80.